The van der Waals surface area contributed by atoms with Gasteiger partial charge in [0.05, 0.1) is 0 Å². The van der Waals surface area contributed by atoms with Crippen molar-refractivity contribution < 1.29 is 17.9 Å². The maximum Gasteiger partial charge on any atom is 0.255 e. The van der Waals surface area contributed by atoms with Crippen molar-refractivity contribution in [1.82, 2.24) is 4.98 Å². The van der Waals surface area contributed by atoms with Crippen LogP contribution in [-0.4, -0.2) is 4.98 Å². The Labute approximate surface area is 103 Å². The Balaban J connectivity index is 2.28. The van der Waals surface area contributed by atoms with Crippen LogP contribution in [0, 0.1) is 17.5 Å². The molecule has 2 aromatic rings. The molecule has 0 aliphatic rings. The Morgan fingerprint density at radius 2 is 1.76 bits per heavy atom. The van der Waals surface area contributed by atoms with Crippen LogP contribution in [0.15, 0.2) is 34.9 Å². The molecule has 0 aliphatic heterocycles. The zero-order chi connectivity index (χ0) is 12.4. The van der Waals surface area contributed by atoms with E-state index < -0.39 is 17.5 Å². The molecule has 0 saturated heterocycles. The lowest BCUT2D eigenvalue weighted by Crippen LogP contribution is -1.93. The first-order valence-corrected chi connectivity index (χ1v) is 5.29. The quantitative estimate of drug-likeness (QED) is 0.835. The molecule has 0 atom stereocenters. The number of halogens is 4. The summed E-state index contributed by atoms with van der Waals surface area (Å²) in [5.74, 6) is -3.11. The minimum absolute atomic E-state index is 0.0300. The molecule has 0 N–H and O–H groups in total. The number of aromatic nitrogens is 1. The van der Waals surface area contributed by atoms with E-state index in [0.717, 1.165) is 18.2 Å². The summed E-state index contributed by atoms with van der Waals surface area (Å²) in [6.07, 6.45) is 1.33. The summed E-state index contributed by atoms with van der Waals surface area (Å²) >= 11 is 3.04. The normalized spacial score (nSPS) is 10.4. The summed E-state index contributed by atoms with van der Waals surface area (Å²) in [4.78, 5) is 3.66. The Morgan fingerprint density at radius 1 is 1.00 bits per heavy atom. The van der Waals surface area contributed by atoms with Gasteiger partial charge in [0, 0.05) is 16.7 Å². The van der Waals surface area contributed by atoms with Crippen LogP contribution in [0.2, 0.25) is 0 Å². The molecule has 1 aromatic heterocycles. The highest BCUT2D eigenvalue weighted by Crippen LogP contribution is 2.25. The highest BCUT2D eigenvalue weighted by molar-refractivity contribution is 9.10. The Hall–Kier alpha value is -1.56. The third kappa shape index (κ3) is 2.76. The lowest BCUT2D eigenvalue weighted by atomic mass is 10.3. The second-order valence-corrected chi connectivity index (χ2v) is 4.03. The van der Waals surface area contributed by atoms with E-state index in [1.807, 2.05) is 0 Å². The molecular formula is C11H5BrF3NO. The number of pyridine rings is 1. The molecule has 17 heavy (non-hydrogen) atoms. The Morgan fingerprint density at radius 3 is 2.41 bits per heavy atom. The number of ether oxygens (including phenoxy) is 1. The minimum atomic E-state index is -1.07. The summed E-state index contributed by atoms with van der Waals surface area (Å²) in [6, 6.07) is 4.05. The Bertz CT molecular complexity index is 562. The van der Waals surface area contributed by atoms with E-state index in [0.29, 0.717) is 4.47 Å². The zero-order valence-corrected chi connectivity index (χ0v) is 9.84. The summed E-state index contributed by atoms with van der Waals surface area (Å²) < 4.78 is 44.3. The third-order valence-corrected chi connectivity index (χ3v) is 2.31. The fourth-order valence-corrected chi connectivity index (χ4v) is 1.43. The van der Waals surface area contributed by atoms with Gasteiger partial charge in [-0.15, -0.1) is 0 Å². The van der Waals surface area contributed by atoms with Gasteiger partial charge in [0.2, 0.25) is 0 Å². The van der Waals surface area contributed by atoms with E-state index in [-0.39, 0.29) is 11.6 Å². The van der Waals surface area contributed by atoms with E-state index in [2.05, 4.69) is 20.9 Å². The standard InChI is InChI=1S/C11H5BrF3NO/c12-6-3-10(15)11(16-5-6)17-7-1-2-8(13)9(14)4-7/h1-5H. The topological polar surface area (TPSA) is 22.1 Å². The maximum atomic E-state index is 13.3. The van der Waals surface area contributed by atoms with Crippen LogP contribution < -0.4 is 4.74 Å². The van der Waals surface area contributed by atoms with Crippen molar-refractivity contribution in [2.45, 2.75) is 0 Å². The van der Waals surface area contributed by atoms with Gasteiger partial charge in [0.1, 0.15) is 5.75 Å². The molecular weight excluding hydrogens is 299 g/mol. The predicted molar refractivity (Wildman–Crippen MR) is 58.3 cm³/mol. The van der Waals surface area contributed by atoms with Crippen molar-refractivity contribution in [2.24, 2.45) is 0 Å². The molecule has 2 nitrogen and oxygen atoms in total. The molecule has 0 unspecified atom stereocenters. The van der Waals surface area contributed by atoms with E-state index in [1.54, 1.807) is 0 Å². The van der Waals surface area contributed by atoms with Crippen molar-refractivity contribution in [3.63, 3.8) is 0 Å². The number of hydrogen-bond donors (Lipinski definition) is 0. The SMILES string of the molecule is Fc1ccc(Oc2ncc(Br)cc2F)cc1F. The van der Waals surface area contributed by atoms with Crippen molar-refractivity contribution in [1.29, 1.82) is 0 Å². The van der Waals surface area contributed by atoms with Gasteiger partial charge in [-0.2, -0.15) is 0 Å². The van der Waals surface area contributed by atoms with Crippen molar-refractivity contribution >= 4 is 15.9 Å². The number of nitrogens with zero attached hydrogens (tertiary/aromatic N) is 1. The van der Waals surface area contributed by atoms with Crippen LogP contribution in [0.5, 0.6) is 11.6 Å². The molecule has 1 aromatic carbocycles. The average molecular weight is 304 g/mol. The first kappa shape index (κ1) is 11.9. The molecule has 0 aliphatic carbocycles. The third-order valence-electron chi connectivity index (χ3n) is 1.88. The summed E-state index contributed by atoms with van der Waals surface area (Å²) in [6.45, 7) is 0. The fourth-order valence-electron chi connectivity index (χ4n) is 1.13. The average Bonchev–Trinajstić information content (AvgIpc) is 2.27. The van der Waals surface area contributed by atoms with Crippen LogP contribution >= 0.6 is 15.9 Å². The molecule has 0 fully saturated rings. The molecule has 0 amide bonds. The van der Waals surface area contributed by atoms with Gasteiger partial charge in [-0.1, -0.05) is 0 Å². The van der Waals surface area contributed by atoms with Crippen LogP contribution in [0.1, 0.15) is 0 Å². The molecule has 0 radical (unpaired) electrons. The minimum Gasteiger partial charge on any atom is -0.436 e. The van der Waals surface area contributed by atoms with E-state index in [9.17, 15) is 13.2 Å². The van der Waals surface area contributed by atoms with Crippen LogP contribution in [-0.2, 0) is 0 Å². The lowest BCUT2D eigenvalue weighted by molar-refractivity contribution is 0.415. The van der Waals surface area contributed by atoms with Gasteiger partial charge in [-0.25, -0.2) is 18.2 Å². The highest BCUT2D eigenvalue weighted by atomic mass is 79.9. The fraction of sp³-hybridized carbons (Fsp3) is 0. The van der Waals surface area contributed by atoms with Crippen molar-refractivity contribution in [2.75, 3.05) is 0 Å². The number of hydrogen-bond acceptors (Lipinski definition) is 2. The molecule has 0 spiro atoms. The monoisotopic (exact) mass is 303 g/mol. The molecule has 88 valence electrons. The molecule has 6 heteroatoms. The summed E-state index contributed by atoms with van der Waals surface area (Å²) in [7, 11) is 0. The van der Waals surface area contributed by atoms with Gasteiger partial charge >= 0.3 is 0 Å². The second kappa shape index (κ2) is 4.75. The van der Waals surface area contributed by atoms with Crippen LogP contribution in [0.3, 0.4) is 0 Å². The van der Waals surface area contributed by atoms with E-state index >= 15 is 0 Å². The number of rotatable bonds is 2. The summed E-state index contributed by atoms with van der Waals surface area (Å²) in [5.41, 5.74) is 0. The second-order valence-electron chi connectivity index (χ2n) is 3.12. The van der Waals surface area contributed by atoms with Crippen molar-refractivity contribution in [3.8, 4) is 11.6 Å². The predicted octanol–water partition coefficient (Wildman–Crippen LogP) is 4.05. The maximum absolute atomic E-state index is 13.3. The molecule has 1 heterocycles. The van der Waals surface area contributed by atoms with Crippen LogP contribution in [0.25, 0.3) is 0 Å². The zero-order valence-electron chi connectivity index (χ0n) is 8.25. The van der Waals surface area contributed by atoms with Gasteiger partial charge < -0.3 is 4.74 Å². The first-order chi connectivity index (χ1) is 8.06. The molecule has 2 rings (SSSR count). The van der Waals surface area contributed by atoms with Crippen LogP contribution in [0.4, 0.5) is 13.2 Å². The van der Waals surface area contributed by atoms with Gasteiger partial charge in [0.15, 0.2) is 17.5 Å². The van der Waals surface area contributed by atoms with Crippen molar-refractivity contribution in [3.05, 3.63) is 52.4 Å². The molecule has 0 bridgehead atoms. The number of benzene rings is 1. The van der Waals surface area contributed by atoms with E-state index in [1.165, 1.54) is 12.3 Å². The Kier molecular flexibility index (Phi) is 3.33. The smallest absolute Gasteiger partial charge is 0.255 e. The molecule has 0 saturated carbocycles. The lowest BCUT2D eigenvalue weighted by Gasteiger charge is -2.05. The summed E-state index contributed by atoms with van der Waals surface area (Å²) in [5, 5.41) is 0. The highest BCUT2D eigenvalue weighted by Gasteiger charge is 2.09. The van der Waals surface area contributed by atoms with E-state index in [4.69, 9.17) is 4.74 Å². The van der Waals surface area contributed by atoms with Gasteiger partial charge in [-0.3, -0.25) is 0 Å². The first-order valence-electron chi connectivity index (χ1n) is 4.50. The largest absolute Gasteiger partial charge is 0.436 e. The van der Waals surface area contributed by atoms with Gasteiger partial charge in [-0.05, 0) is 34.1 Å². The van der Waals surface area contributed by atoms with Gasteiger partial charge in [0.25, 0.3) is 5.88 Å².